The first-order valence-electron chi connectivity index (χ1n) is 10.3. The minimum absolute atomic E-state index is 0.323. The average Bonchev–Trinajstić information content (AvgIpc) is 3.29. The molecule has 0 radical (unpaired) electrons. The Labute approximate surface area is 200 Å². The fraction of sp³-hybridized carbons (Fsp3) is 0.160. The normalized spacial score (nSPS) is 11.5. The molecule has 0 aliphatic heterocycles. The van der Waals surface area contributed by atoms with Gasteiger partial charge >= 0.3 is 0 Å². The predicted octanol–water partition coefficient (Wildman–Crippen LogP) is 6.18. The van der Waals surface area contributed by atoms with Gasteiger partial charge in [0.1, 0.15) is 11.5 Å². The monoisotopic (exact) mass is 479 g/mol. The quantitative estimate of drug-likeness (QED) is 0.254. The van der Waals surface area contributed by atoms with E-state index in [1.54, 1.807) is 26.4 Å². The van der Waals surface area contributed by atoms with Crippen LogP contribution in [0.4, 0.5) is 0 Å². The van der Waals surface area contributed by atoms with Gasteiger partial charge in [0.15, 0.2) is 0 Å². The molecule has 0 saturated heterocycles. The van der Waals surface area contributed by atoms with Crippen molar-refractivity contribution in [3.63, 3.8) is 0 Å². The first kappa shape index (κ1) is 22.8. The Morgan fingerprint density at radius 2 is 1.91 bits per heavy atom. The highest BCUT2D eigenvalue weighted by Gasteiger charge is 2.17. The molecule has 0 aliphatic carbocycles. The number of thiophene rings is 1. The lowest BCUT2D eigenvalue weighted by Gasteiger charge is -2.13. The summed E-state index contributed by atoms with van der Waals surface area (Å²) >= 11 is 7.48. The van der Waals surface area contributed by atoms with Crippen LogP contribution in [0.5, 0.6) is 11.5 Å². The van der Waals surface area contributed by atoms with Crippen LogP contribution in [0.25, 0.3) is 22.2 Å². The third-order valence-electron chi connectivity index (χ3n) is 5.13. The number of carbonyl (C=O) groups excluding carboxylic acids is 1. The summed E-state index contributed by atoms with van der Waals surface area (Å²) in [6.45, 7) is 1.98. The number of hydrogen-bond donors (Lipinski definition) is 1. The molecule has 0 aliphatic rings. The molecule has 0 fully saturated rings. The van der Waals surface area contributed by atoms with E-state index in [9.17, 15) is 4.79 Å². The second-order valence-electron chi connectivity index (χ2n) is 7.10. The standard InChI is InChI=1S/C25H22ClN3O3S/c1-4-19(23-11-12-24(26)33-23)28-29-25(30)18-14-21(27-20-8-6-5-7-16(18)20)17-10-9-15(31-2)13-22(17)32-3/h5-14H,4H2,1-3H3,(H,29,30)/b28-19+. The fourth-order valence-electron chi connectivity index (χ4n) is 3.47. The largest absolute Gasteiger partial charge is 0.497 e. The SMILES string of the molecule is CC/C(=N\NC(=O)c1cc(-c2ccc(OC)cc2OC)nc2ccccc12)c1ccc(Cl)s1. The van der Waals surface area contributed by atoms with Gasteiger partial charge in [-0.3, -0.25) is 4.79 Å². The van der Waals surface area contributed by atoms with Crippen molar-refractivity contribution in [3.8, 4) is 22.8 Å². The summed E-state index contributed by atoms with van der Waals surface area (Å²) in [6, 6.07) is 18.5. The van der Waals surface area contributed by atoms with Crippen molar-refractivity contribution in [3.05, 3.63) is 75.4 Å². The molecule has 0 saturated carbocycles. The number of amides is 1. The highest BCUT2D eigenvalue weighted by Crippen LogP contribution is 2.34. The zero-order valence-corrected chi connectivity index (χ0v) is 20.0. The van der Waals surface area contributed by atoms with E-state index in [4.69, 9.17) is 26.1 Å². The molecule has 168 valence electrons. The molecule has 6 nitrogen and oxygen atoms in total. The van der Waals surface area contributed by atoms with Gasteiger partial charge in [-0.15, -0.1) is 11.3 Å². The van der Waals surface area contributed by atoms with E-state index < -0.39 is 0 Å². The highest BCUT2D eigenvalue weighted by atomic mass is 35.5. The summed E-state index contributed by atoms with van der Waals surface area (Å²) in [5.41, 5.74) is 6.00. The Hall–Kier alpha value is -3.42. The van der Waals surface area contributed by atoms with Crippen molar-refractivity contribution >= 4 is 45.5 Å². The summed E-state index contributed by atoms with van der Waals surface area (Å²) in [5.74, 6) is 0.949. The number of nitrogens with one attached hydrogen (secondary N) is 1. The van der Waals surface area contributed by atoms with Gasteiger partial charge in [0.05, 0.1) is 45.9 Å². The van der Waals surface area contributed by atoms with E-state index in [1.807, 2.05) is 55.5 Å². The Balaban J connectivity index is 1.76. The maximum atomic E-state index is 13.2. The van der Waals surface area contributed by atoms with Crippen LogP contribution in [0.2, 0.25) is 4.34 Å². The van der Waals surface area contributed by atoms with Crippen LogP contribution in [0, 0.1) is 0 Å². The third-order valence-corrected chi connectivity index (χ3v) is 6.41. The number of carbonyl (C=O) groups is 1. The third kappa shape index (κ3) is 4.84. The lowest BCUT2D eigenvalue weighted by Crippen LogP contribution is -2.20. The summed E-state index contributed by atoms with van der Waals surface area (Å²) in [5, 5.41) is 5.11. The maximum absolute atomic E-state index is 13.2. The molecule has 2 aromatic carbocycles. The fourth-order valence-corrected chi connectivity index (χ4v) is 4.57. The molecular formula is C25H22ClN3O3S. The van der Waals surface area contributed by atoms with Crippen molar-refractivity contribution in [2.45, 2.75) is 13.3 Å². The van der Waals surface area contributed by atoms with Crippen LogP contribution in [0.1, 0.15) is 28.6 Å². The van der Waals surface area contributed by atoms with Gasteiger partial charge in [0.2, 0.25) is 0 Å². The first-order valence-corrected chi connectivity index (χ1v) is 11.5. The van der Waals surface area contributed by atoms with Gasteiger partial charge in [-0.25, -0.2) is 10.4 Å². The first-order chi connectivity index (χ1) is 16.0. The number of para-hydroxylation sites is 1. The van der Waals surface area contributed by atoms with E-state index in [1.165, 1.54) is 11.3 Å². The molecule has 0 spiro atoms. The molecular weight excluding hydrogens is 458 g/mol. The highest BCUT2D eigenvalue weighted by molar-refractivity contribution is 7.18. The molecule has 2 aromatic heterocycles. The molecule has 4 rings (SSSR count). The zero-order chi connectivity index (χ0) is 23.4. The van der Waals surface area contributed by atoms with E-state index >= 15 is 0 Å². The molecule has 0 bridgehead atoms. The minimum atomic E-state index is -0.323. The van der Waals surface area contributed by atoms with Crippen LogP contribution in [-0.2, 0) is 0 Å². The Morgan fingerprint density at radius 3 is 2.61 bits per heavy atom. The molecule has 33 heavy (non-hydrogen) atoms. The van der Waals surface area contributed by atoms with E-state index in [-0.39, 0.29) is 5.91 Å². The number of fused-ring (bicyclic) bond motifs is 1. The van der Waals surface area contributed by atoms with Crippen molar-refractivity contribution in [1.82, 2.24) is 10.4 Å². The molecule has 2 heterocycles. The Kier molecular flexibility index (Phi) is 6.91. The number of ether oxygens (including phenoxy) is 2. The second-order valence-corrected chi connectivity index (χ2v) is 8.81. The predicted molar refractivity (Wildman–Crippen MR) is 134 cm³/mol. The van der Waals surface area contributed by atoms with Gasteiger partial charge < -0.3 is 9.47 Å². The summed E-state index contributed by atoms with van der Waals surface area (Å²) < 4.78 is 11.5. The number of nitrogens with zero attached hydrogens (tertiary/aromatic N) is 2. The van der Waals surface area contributed by atoms with Gasteiger partial charge in [0, 0.05) is 17.0 Å². The number of pyridine rings is 1. The van der Waals surface area contributed by atoms with Crippen LogP contribution in [-0.4, -0.2) is 30.8 Å². The molecule has 1 N–H and O–H groups in total. The van der Waals surface area contributed by atoms with Gasteiger partial charge in [-0.1, -0.05) is 36.7 Å². The molecule has 0 atom stereocenters. The smallest absolute Gasteiger partial charge is 0.272 e. The van der Waals surface area contributed by atoms with Gasteiger partial charge in [0.25, 0.3) is 5.91 Å². The van der Waals surface area contributed by atoms with Crippen molar-refractivity contribution in [2.75, 3.05) is 14.2 Å². The number of hydrogen-bond acceptors (Lipinski definition) is 6. The second kappa shape index (κ2) is 10.0. The van der Waals surface area contributed by atoms with E-state index in [0.717, 1.165) is 21.5 Å². The molecule has 8 heteroatoms. The number of rotatable bonds is 7. The maximum Gasteiger partial charge on any atom is 0.272 e. The van der Waals surface area contributed by atoms with Crippen molar-refractivity contribution < 1.29 is 14.3 Å². The molecule has 1 amide bonds. The number of hydrazone groups is 1. The van der Waals surface area contributed by atoms with Crippen molar-refractivity contribution in [2.24, 2.45) is 5.10 Å². The Morgan fingerprint density at radius 1 is 1.09 bits per heavy atom. The minimum Gasteiger partial charge on any atom is -0.497 e. The van der Waals surface area contributed by atoms with Crippen molar-refractivity contribution in [1.29, 1.82) is 0 Å². The lowest BCUT2D eigenvalue weighted by atomic mass is 10.0. The summed E-state index contributed by atoms with van der Waals surface area (Å²) in [4.78, 5) is 18.9. The summed E-state index contributed by atoms with van der Waals surface area (Å²) in [7, 11) is 3.19. The lowest BCUT2D eigenvalue weighted by molar-refractivity contribution is 0.0956. The van der Waals surface area contributed by atoms with Gasteiger partial charge in [-0.05, 0) is 42.8 Å². The number of methoxy groups -OCH3 is 2. The van der Waals surface area contributed by atoms with Crippen LogP contribution in [0.15, 0.2) is 65.8 Å². The molecule has 4 aromatic rings. The number of benzene rings is 2. The van der Waals surface area contributed by atoms with E-state index in [0.29, 0.717) is 39.0 Å². The Bertz CT molecular complexity index is 1350. The van der Waals surface area contributed by atoms with E-state index in [2.05, 4.69) is 10.5 Å². The van der Waals surface area contributed by atoms with Crippen LogP contribution >= 0.6 is 22.9 Å². The summed E-state index contributed by atoms with van der Waals surface area (Å²) in [6.07, 6.45) is 0.655. The van der Waals surface area contributed by atoms with Crippen LogP contribution < -0.4 is 14.9 Å². The van der Waals surface area contributed by atoms with Gasteiger partial charge in [-0.2, -0.15) is 5.10 Å². The zero-order valence-electron chi connectivity index (χ0n) is 18.4. The topological polar surface area (TPSA) is 72.8 Å². The van der Waals surface area contributed by atoms with Crippen LogP contribution in [0.3, 0.4) is 0 Å². The number of aromatic nitrogens is 1. The number of halogens is 1. The molecule has 0 unspecified atom stereocenters. The average molecular weight is 480 g/mol.